The first-order valence-corrected chi connectivity index (χ1v) is 4.61. The summed E-state index contributed by atoms with van der Waals surface area (Å²) in [5.41, 5.74) is 0.538. The van der Waals surface area contributed by atoms with Gasteiger partial charge in [0.15, 0.2) is 5.78 Å². The van der Waals surface area contributed by atoms with Crippen molar-refractivity contribution < 1.29 is 9.21 Å². The Balaban J connectivity index is 3.01. The fourth-order valence-electron chi connectivity index (χ4n) is 1.40. The molecule has 0 aliphatic carbocycles. The zero-order valence-corrected chi connectivity index (χ0v) is 8.63. The van der Waals surface area contributed by atoms with E-state index in [9.17, 15) is 4.79 Å². The number of aryl methyl sites for hydroxylation is 2. The molecule has 3 heteroatoms. The van der Waals surface area contributed by atoms with Gasteiger partial charge < -0.3 is 4.42 Å². The van der Waals surface area contributed by atoms with Gasteiger partial charge >= 0.3 is 0 Å². The molecule has 0 amide bonds. The van der Waals surface area contributed by atoms with Gasteiger partial charge in [0.05, 0.1) is 11.6 Å². The zero-order valence-electron chi connectivity index (χ0n) is 8.63. The average molecular weight is 191 g/mol. The summed E-state index contributed by atoms with van der Waals surface area (Å²) >= 11 is 0. The number of nitriles is 1. The van der Waals surface area contributed by atoms with Crippen molar-refractivity contribution in [2.75, 3.05) is 0 Å². The molecule has 0 N–H and O–H groups in total. The van der Waals surface area contributed by atoms with Crippen molar-refractivity contribution in [2.45, 2.75) is 27.2 Å². The summed E-state index contributed by atoms with van der Waals surface area (Å²) in [7, 11) is 0. The molecule has 1 aromatic heterocycles. The molecule has 0 saturated carbocycles. The molecule has 1 atom stereocenters. The number of ketones is 1. The Bertz CT molecular complexity index is 384. The summed E-state index contributed by atoms with van der Waals surface area (Å²) in [4.78, 5) is 11.8. The molecule has 3 nitrogen and oxygen atoms in total. The highest BCUT2D eigenvalue weighted by Crippen LogP contribution is 2.19. The first kappa shape index (κ1) is 10.5. The molecule has 0 aliphatic rings. The largest absolute Gasteiger partial charge is 0.466 e. The lowest BCUT2D eigenvalue weighted by atomic mass is 9.97. The van der Waals surface area contributed by atoms with Gasteiger partial charge in [0.1, 0.15) is 17.4 Å². The van der Waals surface area contributed by atoms with Crippen molar-refractivity contribution >= 4 is 5.78 Å². The second kappa shape index (κ2) is 4.10. The second-order valence-corrected chi connectivity index (χ2v) is 3.28. The van der Waals surface area contributed by atoms with Gasteiger partial charge in [-0.3, -0.25) is 4.79 Å². The third-order valence-electron chi connectivity index (χ3n) is 2.19. The van der Waals surface area contributed by atoms with Crippen LogP contribution in [-0.4, -0.2) is 5.78 Å². The van der Waals surface area contributed by atoms with Gasteiger partial charge in [0.25, 0.3) is 0 Å². The maximum Gasteiger partial charge on any atom is 0.183 e. The van der Waals surface area contributed by atoms with Gasteiger partial charge in [-0.25, -0.2) is 0 Å². The Hall–Kier alpha value is -1.56. The number of hydrogen-bond donors (Lipinski definition) is 0. The van der Waals surface area contributed by atoms with Crippen LogP contribution in [-0.2, 0) is 0 Å². The number of carbonyl (C=O) groups excluding carboxylic acids is 1. The molecule has 1 rings (SSSR count). The standard InChI is InChI=1S/C11H13NO2/c1-4-9(6-12)11(13)10-5-7(2)14-8(10)3/h5,9H,4H2,1-3H3. The van der Waals surface area contributed by atoms with E-state index in [1.807, 2.05) is 13.0 Å². The van der Waals surface area contributed by atoms with Crippen LogP contribution in [0, 0.1) is 31.1 Å². The molecule has 0 aliphatic heterocycles. The van der Waals surface area contributed by atoms with E-state index in [1.165, 1.54) is 0 Å². The Kier molecular flexibility index (Phi) is 3.08. The monoisotopic (exact) mass is 191 g/mol. The van der Waals surface area contributed by atoms with Crippen LogP contribution in [0.25, 0.3) is 0 Å². The first-order valence-electron chi connectivity index (χ1n) is 4.61. The van der Waals surface area contributed by atoms with Crippen LogP contribution in [0.4, 0.5) is 0 Å². The minimum atomic E-state index is -0.550. The molecule has 1 heterocycles. The number of furan rings is 1. The molecule has 0 aromatic carbocycles. The number of rotatable bonds is 3. The normalized spacial score (nSPS) is 12.1. The summed E-state index contributed by atoms with van der Waals surface area (Å²) in [6.07, 6.45) is 0.541. The molecular formula is C11H13NO2. The summed E-state index contributed by atoms with van der Waals surface area (Å²) in [6, 6.07) is 3.69. The summed E-state index contributed by atoms with van der Waals surface area (Å²) < 4.78 is 5.24. The lowest BCUT2D eigenvalue weighted by molar-refractivity contribution is 0.0945. The zero-order chi connectivity index (χ0) is 10.7. The third kappa shape index (κ3) is 1.85. The molecule has 1 unspecified atom stereocenters. The van der Waals surface area contributed by atoms with Crippen molar-refractivity contribution in [3.8, 4) is 6.07 Å². The van der Waals surface area contributed by atoms with Crippen LogP contribution in [0.2, 0.25) is 0 Å². The van der Waals surface area contributed by atoms with Crippen LogP contribution in [0.5, 0.6) is 0 Å². The smallest absolute Gasteiger partial charge is 0.183 e. The molecule has 1 aromatic rings. The van der Waals surface area contributed by atoms with E-state index in [2.05, 4.69) is 0 Å². The van der Waals surface area contributed by atoms with Crippen molar-refractivity contribution in [3.05, 3.63) is 23.2 Å². The predicted octanol–water partition coefficient (Wildman–Crippen LogP) is 2.63. The fraction of sp³-hybridized carbons (Fsp3) is 0.455. The van der Waals surface area contributed by atoms with E-state index in [1.54, 1.807) is 19.9 Å². The van der Waals surface area contributed by atoms with E-state index in [-0.39, 0.29) is 5.78 Å². The highest BCUT2D eigenvalue weighted by atomic mass is 16.3. The van der Waals surface area contributed by atoms with E-state index >= 15 is 0 Å². The molecule has 0 saturated heterocycles. The number of Topliss-reactive ketones (excluding diaryl/α,β-unsaturated/α-hetero) is 1. The summed E-state index contributed by atoms with van der Waals surface area (Å²) in [5.74, 6) is 0.620. The van der Waals surface area contributed by atoms with E-state index in [0.29, 0.717) is 23.5 Å². The highest BCUT2D eigenvalue weighted by molar-refractivity contribution is 6.00. The molecule has 14 heavy (non-hydrogen) atoms. The van der Waals surface area contributed by atoms with Crippen molar-refractivity contribution in [3.63, 3.8) is 0 Å². The van der Waals surface area contributed by atoms with Gasteiger partial charge in [0, 0.05) is 0 Å². The average Bonchev–Trinajstić information content (AvgIpc) is 2.47. The van der Waals surface area contributed by atoms with Gasteiger partial charge in [-0.15, -0.1) is 0 Å². The number of hydrogen-bond acceptors (Lipinski definition) is 3. The Labute approximate surface area is 83.3 Å². The Morgan fingerprint density at radius 2 is 2.29 bits per heavy atom. The van der Waals surface area contributed by atoms with Gasteiger partial charge in [-0.2, -0.15) is 5.26 Å². The number of nitrogens with zero attached hydrogens (tertiary/aromatic N) is 1. The first-order chi connectivity index (χ1) is 6.60. The van der Waals surface area contributed by atoms with E-state index in [4.69, 9.17) is 9.68 Å². The SMILES string of the molecule is CCC(C#N)C(=O)c1cc(C)oc1C. The summed E-state index contributed by atoms with van der Waals surface area (Å²) in [6.45, 7) is 5.36. The lowest BCUT2D eigenvalue weighted by Crippen LogP contribution is -2.11. The maximum atomic E-state index is 11.8. The minimum Gasteiger partial charge on any atom is -0.466 e. The fourth-order valence-corrected chi connectivity index (χ4v) is 1.40. The number of carbonyl (C=O) groups is 1. The van der Waals surface area contributed by atoms with E-state index in [0.717, 1.165) is 0 Å². The molecule has 0 radical (unpaired) electrons. The quantitative estimate of drug-likeness (QED) is 0.690. The molecule has 0 fully saturated rings. The van der Waals surface area contributed by atoms with Crippen molar-refractivity contribution in [2.24, 2.45) is 5.92 Å². The third-order valence-corrected chi connectivity index (χ3v) is 2.19. The minimum absolute atomic E-state index is 0.135. The van der Waals surface area contributed by atoms with Crippen LogP contribution in [0.15, 0.2) is 10.5 Å². The van der Waals surface area contributed by atoms with Gasteiger partial charge in [-0.05, 0) is 26.3 Å². The lowest BCUT2D eigenvalue weighted by Gasteiger charge is -2.02. The van der Waals surface area contributed by atoms with E-state index < -0.39 is 5.92 Å². The summed E-state index contributed by atoms with van der Waals surface area (Å²) in [5, 5.41) is 8.75. The molecular weight excluding hydrogens is 178 g/mol. The second-order valence-electron chi connectivity index (χ2n) is 3.28. The van der Waals surface area contributed by atoms with Gasteiger partial charge in [0.2, 0.25) is 0 Å². The molecule has 74 valence electrons. The van der Waals surface area contributed by atoms with Crippen LogP contribution >= 0.6 is 0 Å². The maximum absolute atomic E-state index is 11.8. The van der Waals surface area contributed by atoms with Crippen molar-refractivity contribution in [1.29, 1.82) is 5.26 Å². The van der Waals surface area contributed by atoms with Crippen LogP contribution < -0.4 is 0 Å². The Morgan fingerprint density at radius 3 is 2.64 bits per heavy atom. The van der Waals surface area contributed by atoms with Crippen LogP contribution in [0.3, 0.4) is 0 Å². The predicted molar refractivity (Wildman–Crippen MR) is 51.9 cm³/mol. The van der Waals surface area contributed by atoms with Crippen molar-refractivity contribution in [1.82, 2.24) is 0 Å². The highest BCUT2D eigenvalue weighted by Gasteiger charge is 2.21. The molecule has 0 bridgehead atoms. The topological polar surface area (TPSA) is 54.0 Å². The van der Waals surface area contributed by atoms with Gasteiger partial charge in [-0.1, -0.05) is 6.92 Å². The molecule has 0 spiro atoms. The Morgan fingerprint density at radius 1 is 1.64 bits per heavy atom. The van der Waals surface area contributed by atoms with Crippen LogP contribution in [0.1, 0.15) is 35.2 Å².